The monoisotopic (exact) mass is 339 g/mol. The van der Waals surface area contributed by atoms with Crippen LogP contribution in [0.4, 0.5) is 0 Å². The molecule has 0 aromatic heterocycles. The van der Waals surface area contributed by atoms with Gasteiger partial charge in [0.05, 0.1) is 11.0 Å². The van der Waals surface area contributed by atoms with E-state index in [1.54, 1.807) is 0 Å². The molecule has 4 atom stereocenters. The highest BCUT2D eigenvalue weighted by Crippen LogP contribution is 2.64. The maximum absolute atomic E-state index is 12.8. The summed E-state index contributed by atoms with van der Waals surface area (Å²) >= 11 is 0. The minimum Gasteiger partial charge on any atom is -0.481 e. The van der Waals surface area contributed by atoms with Crippen molar-refractivity contribution in [2.24, 2.45) is 5.92 Å². The number of ether oxygens (including phenoxy) is 1. The van der Waals surface area contributed by atoms with E-state index < -0.39 is 17.1 Å². The van der Waals surface area contributed by atoms with Crippen molar-refractivity contribution in [2.75, 3.05) is 13.1 Å². The Morgan fingerprint density at radius 2 is 2.16 bits per heavy atom. The first-order valence-corrected chi connectivity index (χ1v) is 9.83. The van der Waals surface area contributed by atoms with E-state index in [0.29, 0.717) is 12.8 Å². The van der Waals surface area contributed by atoms with Gasteiger partial charge in [-0.2, -0.15) is 0 Å². The van der Waals surface area contributed by atoms with Gasteiger partial charge >= 0.3 is 0 Å². The highest BCUT2D eigenvalue weighted by Gasteiger charge is 2.72. The summed E-state index contributed by atoms with van der Waals surface area (Å²) in [5.74, 6) is 1.89. The summed E-state index contributed by atoms with van der Waals surface area (Å²) in [6.45, 7) is 4.14. The van der Waals surface area contributed by atoms with Crippen LogP contribution in [-0.2, 0) is 16.6 Å². The number of hydrogen-bond acceptors (Lipinski definition) is 4. The van der Waals surface area contributed by atoms with Gasteiger partial charge in [0, 0.05) is 24.6 Å². The fraction of sp³-hybridized carbons (Fsp3) is 0.667. The molecule has 132 valence electrons. The highest BCUT2D eigenvalue weighted by molar-refractivity contribution is 5.89. The Hall–Kier alpha value is -1.39. The van der Waals surface area contributed by atoms with E-state index in [4.69, 9.17) is 4.74 Å². The van der Waals surface area contributed by atoms with Gasteiger partial charge < -0.3 is 9.84 Å². The quantitative estimate of drug-likeness (QED) is 0.897. The number of hydrogen-bond donors (Lipinski definition) is 1. The SMILES string of the molecule is Cc1ccc2c3c1OC1C(=O)CC[C@@]4(O)[C@@H](C2)N(CC2CC2)CC[C@]314. The lowest BCUT2D eigenvalue weighted by Crippen LogP contribution is -2.76. The summed E-state index contributed by atoms with van der Waals surface area (Å²) in [5, 5.41) is 12.1. The van der Waals surface area contributed by atoms with Crippen molar-refractivity contribution in [1.82, 2.24) is 4.90 Å². The van der Waals surface area contributed by atoms with Crippen LogP contribution in [0.25, 0.3) is 0 Å². The molecule has 1 N–H and O–H groups in total. The van der Waals surface area contributed by atoms with Crippen molar-refractivity contribution in [1.29, 1.82) is 0 Å². The first-order valence-electron chi connectivity index (χ1n) is 9.83. The van der Waals surface area contributed by atoms with Crippen molar-refractivity contribution in [3.8, 4) is 5.75 Å². The summed E-state index contributed by atoms with van der Waals surface area (Å²) in [5.41, 5.74) is 2.23. The van der Waals surface area contributed by atoms with Gasteiger partial charge in [-0.1, -0.05) is 12.1 Å². The maximum atomic E-state index is 12.8. The van der Waals surface area contributed by atoms with Crippen LogP contribution in [0, 0.1) is 12.8 Å². The van der Waals surface area contributed by atoms with Crippen molar-refractivity contribution in [3.05, 3.63) is 28.8 Å². The van der Waals surface area contributed by atoms with Gasteiger partial charge in [0.2, 0.25) is 0 Å². The molecule has 1 unspecified atom stereocenters. The number of carbonyl (C=O) groups is 1. The molecular weight excluding hydrogens is 314 g/mol. The molecule has 2 saturated carbocycles. The molecule has 4 nitrogen and oxygen atoms in total. The molecule has 3 fully saturated rings. The second-order valence-electron chi connectivity index (χ2n) is 9.01. The number of ketones is 1. The summed E-state index contributed by atoms with van der Waals surface area (Å²) in [6, 6.07) is 4.47. The van der Waals surface area contributed by atoms with Crippen LogP contribution < -0.4 is 4.74 Å². The van der Waals surface area contributed by atoms with Gasteiger partial charge in [-0.25, -0.2) is 0 Å². The zero-order valence-corrected chi connectivity index (χ0v) is 14.8. The smallest absolute Gasteiger partial charge is 0.174 e. The molecule has 1 aromatic rings. The zero-order valence-electron chi connectivity index (χ0n) is 14.8. The maximum Gasteiger partial charge on any atom is 0.174 e. The lowest BCUT2D eigenvalue weighted by Gasteiger charge is -2.62. The Bertz CT molecular complexity index is 801. The lowest BCUT2D eigenvalue weighted by molar-refractivity contribution is -0.188. The molecular formula is C21H25NO3. The molecule has 1 spiro atoms. The molecule has 3 aliphatic carbocycles. The average Bonchev–Trinajstić information content (AvgIpc) is 3.32. The third kappa shape index (κ3) is 1.59. The molecule has 0 radical (unpaired) electrons. The summed E-state index contributed by atoms with van der Waals surface area (Å²) < 4.78 is 6.29. The molecule has 5 aliphatic rings. The Morgan fingerprint density at radius 3 is 2.96 bits per heavy atom. The second-order valence-corrected chi connectivity index (χ2v) is 9.01. The summed E-state index contributed by atoms with van der Waals surface area (Å²) in [7, 11) is 0. The van der Waals surface area contributed by atoms with E-state index in [1.807, 2.05) is 0 Å². The van der Waals surface area contributed by atoms with E-state index in [1.165, 1.54) is 24.0 Å². The van der Waals surface area contributed by atoms with E-state index >= 15 is 0 Å². The standard InChI is InChI=1S/C21H25NO3/c1-12-2-5-14-10-16-21(24)7-6-15(23)19-20(21,17(14)18(12)25-19)8-9-22(16)11-13-3-4-13/h2,5,13,16,19,24H,3-4,6-11H2,1H3/t16-,19?,20+,21-/m1/s1. The van der Waals surface area contributed by atoms with Crippen LogP contribution in [0.5, 0.6) is 5.75 Å². The molecule has 4 heteroatoms. The Labute approximate surface area is 148 Å². The predicted molar refractivity (Wildman–Crippen MR) is 92.9 cm³/mol. The fourth-order valence-corrected chi connectivity index (χ4v) is 6.41. The molecule has 6 rings (SSSR count). The van der Waals surface area contributed by atoms with E-state index in [0.717, 1.165) is 43.2 Å². The van der Waals surface area contributed by atoms with Crippen molar-refractivity contribution in [2.45, 2.75) is 68.6 Å². The van der Waals surface area contributed by atoms with Crippen molar-refractivity contribution < 1.29 is 14.6 Å². The number of nitrogens with zero attached hydrogens (tertiary/aromatic N) is 1. The van der Waals surface area contributed by atoms with Crippen LogP contribution in [-0.4, -0.2) is 46.6 Å². The first-order chi connectivity index (χ1) is 12.0. The topological polar surface area (TPSA) is 49.8 Å². The number of carbonyl (C=O) groups excluding carboxylic acids is 1. The van der Waals surface area contributed by atoms with E-state index in [-0.39, 0.29) is 11.8 Å². The highest BCUT2D eigenvalue weighted by atomic mass is 16.5. The number of benzene rings is 1. The molecule has 25 heavy (non-hydrogen) atoms. The summed E-state index contributed by atoms with van der Waals surface area (Å²) in [4.78, 5) is 15.3. The normalized spacial score (nSPS) is 41.4. The van der Waals surface area contributed by atoms with Gasteiger partial charge in [-0.15, -0.1) is 0 Å². The van der Waals surface area contributed by atoms with Gasteiger partial charge in [0.1, 0.15) is 5.75 Å². The molecule has 2 bridgehead atoms. The van der Waals surface area contributed by atoms with Crippen LogP contribution in [0.3, 0.4) is 0 Å². The second kappa shape index (κ2) is 4.47. The van der Waals surface area contributed by atoms with Gasteiger partial charge in [-0.3, -0.25) is 9.69 Å². The molecule has 1 saturated heterocycles. The number of aliphatic hydroxyl groups is 1. The number of likely N-dealkylation sites (tertiary alicyclic amines) is 1. The Kier molecular flexibility index (Phi) is 2.64. The lowest BCUT2D eigenvalue weighted by atomic mass is 9.49. The van der Waals surface area contributed by atoms with Gasteiger partial charge in [0.15, 0.2) is 11.9 Å². The Morgan fingerprint density at radius 1 is 1.32 bits per heavy atom. The molecule has 1 aromatic carbocycles. The fourth-order valence-electron chi connectivity index (χ4n) is 6.41. The largest absolute Gasteiger partial charge is 0.481 e. The molecule has 2 aliphatic heterocycles. The Balaban J connectivity index is 1.58. The van der Waals surface area contributed by atoms with Gasteiger partial charge in [0.25, 0.3) is 0 Å². The van der Waals surface area contributed by atoms with E-state index in [9.17, 15) is 9.90 Å². The number of Topliss-reactive ketones (excluding diaryl/α,β-unsaturated/α-hetero) is 1. The average molecular weight is 339 g/mol. The van der Waals surface area contributed by atoms with Crippen LogP contribution >= 0.6 is 0 Å². The predicted octanol–water partition coefficient (Wildman–Crippen LogP) is 2.13. The van der Waals surface area contributed by atoms with Crippen molar-refractivity contribution >= 4 is 5.78 Å². The van der Waals surface area contributed by atoms with E-state index in [2.05, 4.69) is 24.0 Å². The molecule has 0 amide bonds. The van der Waals surface area contributed by atoms with Crippen LogP contribution in [0.2, 0.25) is 0 Å². The number of rotatable bonds is 2. The minimum absolute atomic E-state index is 0.127. The van der Waals surface area contributed by atoms with Gasteiger partial charge in [-0.05, 0) is 62.6 Å². The number of aryl methyl sites for hydroxylation is 1. The number of piperidine rings is 1. The zero-order chi connectivity index (χ0) is 17.0. The summed E-state index contributed by atoms with van der Waals surface area (Å²) in [6.07, 6.45) is 4.94. The third-order valence-electron chi connectivity index (χ3n) is 7.78. The van der Waals surface area contributed by atoms with Crippen LogP contribution in [0.15, 0.2) is 12.1 Å². The molecule has 2 heterocycles. The third-order valence-corrected chi connectivity index (χ3v) is 7.78. The van der Waals surface area contributed by atoms with Crippen molar-refractivity contribution in [3.63, 3.8) is 0 Å². The minimum atomic E-state index is -0.829. The first kappa shape index (κ1) is 14.7. The van der Waals surface area contributed by atoms with Crippen LogP contribution in [0.1, 0.15) is 48.8 Å².